The highest BCUT2D eigenvalue weighted by atomic mass is 16.5. The van der Waals surface area contributed by atoms with Gasteiger partial charge in [0.05, 0.1) is 12.2 Å². The van der Waals surface area contributed by atoms with E-state index in [9.17, 15) is 5.11 Å². The van der Waals surface area contributed by atoms with Crippen molar-refractivity contribution in [2.75, 3.05) is 39.5 Å². The van der Waals surface area contributed by atoms with Crippen molar-refractivity contribution in [3.63, 3.8) is 0 Å². The van der Waals surface area contributed by atoms with E-state index in [-0.39, 0.29) is 6.61 Å². The molecule has 4 heteroatoms. The molecule has 2 N–H and O–H groups in total. The van der Waals surface area contributed by atoms with Gasteiger partial charge in [-0.05, 0) is 38.8 Å². The Morgan fingerprint density at radius 2 is 1.57 bits per heavy atom. The molecule has 0 spiro atoms. The third-order valence-corrected chi connectivity index (χ3v) is 4.37. The van der Waals surface area contributed by atoms with Gasteiger partial charge in [0.2, 0.25) is 0 Å². The number of hydrogen-bond acceptors (Lipinski definition) is 4. The summed E-state index contributed by atoms with van der Waals surface area (Å²) in [4.78, 5) is 2.34. The quantitative estimate of drug-likeness (QED) is 0.457. The normalized spacial score (nSPS) is 14.6. The average Bonchev–Trinajstić information content (AvgIpc) is 2.51. The molecule has 0 aromatic heterocycles. The molecule has 128 valence electrons. The van der Waals surface area contributed by atoms with Crippen molar-refractivity contribution in [1.82, 2.24) is 4.90 Å². The van der Waals surface area contributed by atoms with E-state index >= 15 is 0 Å². The molecule has 1 atom stereocenters. The first-order chi connectivity index (χ1) is 10.1. The van der Waals surface area contributed by atoms with Gasteiger partial charge in [-0.15, -0.1) is 0 Å². The van der Waals surface area contributed by atoms with E-state index in [1.165, 1.54) is 0 Å². The van der Waals surface area contributed by atoms with E-state index < -0.39 is 5.60 Å². The van der Waals surface area contributed by atoms with Gasteiger partial charge in [0.15, 0.2) is 0 Å². The predicted molar refractivity (Wildman–Crippen MR) is 88.6 cm³/mol. The summed E-state index contributed by atoms with van der Waals surface area (Å²) in [6.07, 6.45) is 6.40. The van der Waals surface area contributed by atoms with Crippen molar-refractivity contribution < 1.29 is 14.9 Å². The topological polar surface area (TPSA) is 52.9 Å². The van der Waals surface area contributed by atoms with E-state index in [0.717, 1.165) is 71.2 Å². The number of aliphatic hydroxyl groups excluding tert-OH is 1. The zero-order valence-electron chi connectivity index (χ0n) is 14.4. The molecule has 0 aliphatic heterocycles. The average molecular weight is 303 g/mol. The molecule has 0 fully saturated rings. The first-order valence-corrected chi connectivity index (χ1v) is 8.75. The molecule has 0 rings (SSSR count). The fraction of sp³-hybridized carbons (Fsp3) is 1.00. The van der Waals surface area contributed by atoms with Crippen molar-refractivity contribution in [3.05, 3.63) is 0 Å². The maximum atomic E-state index is 10.5. The lowest BCUT2D eigenvalue weighted by molar-refractivity contribution is -0.0138. The van der Waals surface area contributed by atoms with Crippen LogP contribution in [0.3, 0.4) is 0 Å². The second kappa shape index (κ2) is 13.5. The molecule has 0 aliphatic rings. The van der Waals surface area contributed by atoms with Crippen molar-refractivity contribution >= 4 is 0 Å². The van der Waals surface area contributed by atoms with Crippen LogP contribution in [0.25, 0.3) is 0 Å². The Hall–Kier alpha value is -0.160. The lowest BCUT2D eigenvalue weighted by Gasteiger charge is -2.27. The summed E-state index contributed by atoms with van der Waals surface area (Å²) in [6.45, 7) is 11.1. The van der Waals surface area contributed by atoms with E-state index in [0.29, 0.717) is 6.61 Å². The minimum Gasteiger partial charge on any atom is -0.396 e. The van der Waals surface area contributed by atoms with Crippen LogP contribution in [0.15, 0.2) is 0 Å². The summed E-state index contributed by atoms with van der Waals surface area (Å²) in [7, 11) is 0. The smallest absolute Gasteiger partial charge is 0.0667 e. The molecule has 0 amide bonds. The van der Waals surface area contributed by atoms with Gasteiger partial charge in [-0.25, -0.2) is 0 Å². The van der Waals surface area contributed by atoms with E-state index in [2.05, 4.69) is 18.7 Å². The third kappa shape index (κ3) is 11.1. The summed E-state index contributed by atoms with van der Waals surface area (Å²) in [5.74, 6) is 0. The number of likely N-dealkylation sites (N-methyl/N-ethyl adjacent to an activating group) is 1. The van der Waals surface area contributed by atoms with Gasteiger partial charge in [0, 0.05) is 19.8 Å². The summed E-state index contributed by atoms with van der Waals surface area (Å²) in [5.41, 5.74) is -0.575. The molecule has 0 radical (unpaired) electrons. The second-order valence-corrected chi connectivity index (χ2v) is 5.85. The van der Waals surface area contributed by atoms with Gasteiger partial charge in [-0.1, -0.05) is 40.0 Å². The van der Waals surface area contributed by atoms with Crippen molar-refractivity contribution in [2.24, 2.45) is 0 Å². The fourth-order valence-corrected chi connectivity index (χ4v) is 2.50. The van der Waals surface area contributed by atoms with E-state index in [1.54, 1.807) is 0 Å². The highest BCUT2D eigenvalue weighted by molar-refractivity contribution is 4.76. The maximum Gasteiger partial charge on any atom is 0.0667 e. The molecule has 0 saturated carbocycles. The van der Waals surface area contributed by atoms with E-state index in [1.807, 2.05) is 6.92 Å². The summed E-state index contributed by atoms with van der Waals surface area (Å²) in [6, 6.07) is 0. The number of nitrogens with zero attached hydrogens (tertiary/aromatic N) is 1. The molecule has 0 aliphatic carbocycles. The van der Waals surface area contributed by atoms with Crippen molar-refractivity contribution in [2.45, 2.75) is 71.3 Å². The zero-order chi connectivity index (χ0) is 16.0. The van der Waals surface area contributed by atoms with Crippen LogP contribution in [0.1, 0.15) is 65.7 Å². The van der Waals surface area contributed by atoms with Crippen LogP contribution < -0.4 is 0 Å². The Bertz CT molecular complexity index is 222. The van der Waals surface area contributed by atoms with Crippen LogP contribution in [0, 0.1) is 0 Å². The maximum absolute atomic E-state index is 10.5. The van der Waals surface area contributed by atoms with Crippen LogP contribution in [-0.2, 0) is 4.74 Å². The van der Waals surface area contributed by atoms with Crippen LogP contribution in [-0.4, -0.2) is 60.2 Å². The highest BCUT2D eigenvalue weighted by Crippen LogP contribution is 2.23. The summed E-state index contributed by atoms with van der Waals surface area (Å²) in [5, 5.41) is 19.3. The Morgan fingerprint density at radius 1 is 0.905 bits per heavy atom. The monoisotopic (exact) mass is 303 g/mol. The molecular weight excluding hydrogens is 266 g/mol. The zero-order valence-corrected chi connectivity index (χ0v) is 14.4. The van der Waals surface area contributed by atoms with Gasteiger partial charge >= 0.3 is 0 Å². The fourth-order valence-electron chi connectivity index (χ4n) is 2.50. The highest BCUT2D eigenvalue weighted by Gasteiger charge is 2.23. The van der Waals surface area contributed by atoms with Crippen LogP contribution in [0.5, 0.6) is 0 Å². The molecule has 0 bridgehead atoms. The SMILES string of the molecule is CCN(CC)CCOCCC(O)(CC)CCCCCCO. The number of rotatable bonds is 15. The van der Waals surface area contributed by atoms with Crippen molar-refractivity contribution in [3.8, 4) is 0 Å². The standard InChI is InChI=1S/C17H37NO3/c1-4-17(20,11-9-7-8-10-14-19)12-15-21-16-13-18(5-2)6-3/h19-20H,4-16H2,1-3H3. The van der Waals surface area contributed by atoms with Gasteiger partial charge < -0.3 is 19.8 Å². The minimum absolute atomic E-state index is 0.276. The number of hydrogen-bond donors (Lipinski definition) is 2. The number of ether oxygens (including phenoxy) is 1. The van der Waals surface area contributed by atoms with Gasteiger partial charge in [-0.3, -0.25) is 0 Å². The molecule has 1 unspecified atom stereocenters. The Kier molecular flexibility index (Phi) is 13.4. The summed E-state index contributed by atoms with van der Waals surface area (Å²) < 4.78 is 5.68. The molecule has 0 aromatic rings. The minimum atomic E-state index is -0.575. The lowest BCUT2D eigenvalue weighted by atomic mass is 9.90. The molecule has 4 nitrogen and oxygen atoms in total. The lowest BCUT2D eigenvalue weighted by Crippen LogP contribution is -2.31. The molecular formula is C17H37NO3. The second-order valence-electron chi connectivity index (χ2n) is 5.85. The first kappa shape index (κ1) is 20.8. The van der Waals surface area contributed by atoms with Gasteiger partial charge in [0.25, 0.3) is 0 Å². The Morgan fingerprint density at radius 3 is 2.14 bits per heavy atom. The first-order valence-electron chi connectivity index (χ1n) is 8.75. The molecule has 0 heterocycles. The van der Waals surface area contributed by atoms with E-state index in [4.69, 9.17) is 9.84 Å². The predicted octanol–water partition coefficient (Wildman–Crippen LogP) is 2.82. The molecule has 0 aromatic carbocycles. The van der Waals surface area contributed by atoms with Gasteiger partial charge in [0.1, 0.15) is 0 Å². The Balaban J connectivity index is 3.71. The number of unbranched alkanes of at least 4 members (excludes halogenated alkanes) is 3. The van der Waals surface area contributed by atoms with Crippen LogP contribution >= 0.6 is 0 Å². The third-order valence-electron chi connectivity index (χ3n) is 4.37. The molecule has 21 heavy (non-hydrogen) atoms. The van der Waals surface area contributed by atoms with Gasteiger partial charge in [-0.2, -0.15) is 0 Å². The number of aliphatic hydroxyl groups is 2. The largest absolute Gasteiger partial charge is 0.396 e. The Labute approximate surface area is 131 Å². The van der Waals surface area contributed by atoms with Crippen LogP contribution in [0.2, 0.25) is 0 Å². The summed E-state index contributed by atoms with van der Waals surface area (Å²) >= 11 is 0. The molecule has 0 saturated heterocycles. The van der Waals surface area contributed by atoms with Crippen LogP contribution in [0.4, 0.5) is 0 Å². The van der Waals surface area contributed by atoms with Crippen molar-refractivity contribution in [1.29, 1.82) is 0 Å².